The molecule has 0 saturated carbocycles. The Balaban J connectivity index is 0.00000154. The van der Waals surface area contributed by atoms with Gasteiger partial charge in [-0.3, -0.25) is 9.69 Å². The van der Waals surface area contributed by atoms with Gasteiger partial charge in [0.15, 0.2) is 0 Å². The highest BCUT2D eigenvalue weighted by Crippen LogP contribution is 2.26. The Labute approximate surface area is 118 Å². The van der Waals surface area contributed by atoms with Gasteiger partial charge in [0.05, 0.1) is 5.69 Å². The second-order valence-electron chi connectivity index (χ2n) is 4.30. The quantitative estimate of drug-likeness (QED) is 0.758. The van der Waals surface area contributed by atoms with Gasteiger partial charge < -0.3 is 0 Å². The first-order valence-corrected chi connectivity index (χ1v) is 7.09. The number of hydrogen-bond acceptors (Lipinski definition) is 1. The first kappa shape index (κ1) is 17.4. The summed E-state index contributed by atoms with van der Waals surface area (Å²) in [6.07, 6.45) is 1.40. The van der Waals surface area contributed by atoms with Gasteiger partial charge in [0.25, 0.3) is 0 Å². The fourth-order valence-electron chi connectivity index (χ4n) is 1.89. The van der Waals surface area contributed by atoms with Crippen LogP contribution in [-0.2, 0) is 11.2 Å². The van der Waals surface area contributed by atoms with Gasteiger partial charge >= 0.3 is 0 Å². The van der Waals surface area contributed by atoms with Crippen LogP contribution in [0.25, 0.3) is 0 Å². The number of carbonyl (C=O) groups excluding carboxylic acids is 1. The second kappa shape index (κ2) is 8.52. The summed E-state index contributed by atoms with van der Waals surface area (Å²) in [5, 5.41) is 0. The van der Waals surface area contributed by atoms with E-state index in [4.69, 9.17) is 0 Å². The number of carbonyl (C=O) groups is 1. The number of aryl methyl sites for hydroxylation is 2. The molecule has 0 unspecified atom stereocenters. The molecule has 2 nitrogen and oxygen atoms in total. The summed E-state index contributed by atoms with van der Waals surface area (Å²) in [5.74, 6) is 0.0952. The number of allylic oxidation sites excluding steroid dienone is 1. The normalized spacial score (nSPS) is 9.37. The van der Waals surface area contributed by atoms with Crippen molar-refractivity contribution in [3.05, 3.63) is 41.6 Å². The molecule has 1 aromatic carbocycles. The lowest BCUT2D eigenvalue weighted by Gasteiger charge is -2.25. The van der Waals surface area contributed by atoms with Crippen LogP contribution in [-0.4, -0.2) is 5.91 Å². The topological polar surface area (TPSA) is 20.3 Å². The molecule has 0 aliphatic heterocycles. The standard InChI is InChI=1S/C15H21NO.C2H6/c1-6-13-9-8-12(5)10-14(13)16(11(3)4)15(17)7-2;1-2/h8-10H,3,6-7H2,1-2,4-5H3;1-2H3. The molecule has 0 fully saturated rings. The van der Waals surface area contributed by atoms with Crippen molar-refractivity contribution in [3.8, 4) is 0 Å². The number of anilines is 1. The lowest BCUT2D eigenvalue weighted by Crippen LogP contribution is -2.28. The minimum Gasteiger partial charge on any atom is -0.285 e. The summed E-state index contributed by atoms with van der Waals surface area (Å²) >= 11 is 0. The van der Waals surface area contributed by atoms with E-state index in [2.05, 4.69) is 31.7 Å². The maximum atomic E-state index is 12.0. The first-order chi connectivity index (χ1) is 9.01. The van der Waals surface area contributed by atoms with Crippen molar-refractivity contribution in [1.82, 2.24) is 0 Å². The average molecular weight is 261 g/mol. The average Bonchev–Trinajstić information content (AvgIpc) is 2.41. The van der Waals surface area contributed by atoms with E-state index in [0.29, 0.717) is 6.42 Å². The molecule has 106 valence electrons. The number of benzene rings is 1. The summed E-state index contributed by atoms with van der Waals surface area (Å²) in [6, 6.07) is 6.22. The van der Waals surface area contributed by atoms with E-state index in [0.717, 1.165) is 23.4 Å². The zero-order valence-corrected chi connectivity index (χ0v) is 13.2. The molecule has 0 spiro atoms. The maximum absolute atomic E-state index is 12.0. The van der Waals surface area contributed by atoms with Crippen molar-refractivity contribution in [2.75, 3.05) is 4.90 Å². The monoisotopic (exact) mass is 261 g/mol. The van der Waals surface area contributed by atoms with E-state index in [1.54, 1.807) is 4.90 Å². The van der Waals surface area contributed by atoms with Gasteiger partial charge in [-0.05, 0) is 37.5 Å². The van der Waals surface area contributed by atoms with Gasteiger partial charge in [-0.25, -0.2) is 0 Å². The fourth-order valence-corrected chi connectivity index (χ4v) is 1.89. The molecule has 2 heteroatoms. The second-order valence-corrected chi connectivity index (χ2v) is 4.30. The van der Waals surface area contributed by atoms with E-state index in [-0.39, 0.29) is 5.91 Å². The van der Waals surface area contributed by atoms with Crippen LogP contribution >= 0.6 is 0 Å². The molecule has 0 aromatic heterocycles. The fraction of sp³-hybridized carbons (Fsp3) is 0.471. The third-order valence-corrected chi connectivity index (χ3v) is 2.80. The Morgan fingerprint density at radius 2 is 1.84 bits per heavy atom. The molecule has 0 atom stereocenters. The maximum Gasteiger partial charge on any atom is 0.230 e. The SMILES string of the molecule is C=C(C)N(C(=O)CC)c1cc(C)ccc1CC.CC. The van der Waals surface area contributed by atoms with E-state index in [1.807, 2.05) is 34.6 Å². The molecule has 0 aliphatic carbocycles. The molecule has 0 saturated heterocycles. The Morgan fingerprint density at radius 1 is 1.26 bits per heavy atom. The van der Waals surface area contributed by atoms with Crippen LogP contribution < -0.4 is 4.90 Å². The van der Waals surface area contributed by atoms with E-state index in [1.165, 1.54) is 5.56 Å². The van der Waals surface area contributed by atoms with Crippen LogP contribution in [0.4, 0.5) is 5.69 Å². The smallest absolute Gasteiger partial charge is 0.230 e. The van der Waals surface area contributed by atoms with E-state index < -0.39 is 0 Å². The van der Waals surface area contributed by atoms with Gasteiger partial charge in [-0.2, -0.15) is 0 Å². The molecule has 0 bridgehead atoms. The van der Waals surface area contributed by atoms with Crippen LogP contribution in [0.5, 0.6) is 0 Å². The minimum atomic E-state index is 0.0952. The Hall–Kier alpha value is -1.57. The van der Waals surface area contributed by atoms with Crippen molar-refractivity contribution < 1.29 is 4.79 Å². The third-order valence-electron chi connectivity index (χ3n) is 2.80. The summed E-state index contributed by atoms with van der Waals surface area (Å²) in [7, 11) is 0. The number of hydrogen-bond donors (Lipinski definition) is 0. The predicted octanol–water partition coefficient (Wildman–Crippen LogP) is 4.86. The van der Waals surface area contributed by atoms with Crippen molar-refractivity contribution in [2.45, 2.75) is 54.4 Å². The molecule has 19 heavy (non-hydrogen) atoms. The number of nitrogens with zero attached hydrogens (tertiary/aromatic N) is 1. The molecule has 0 radical (unpaired) electrons. The zero-order valence-electron chi connectivity index (χ0n) is 13.2. The molecule has 0 aliphatic rings. The minimum absolute atomic E-state index is 0.0952. The lowest BCUT2D eigenvalue weighted by atomic mass is 10.1. The summed E-state index contributed by atoms with van der Waals surface area (Å²) in [6.45, 7) is 15.8. The van der Waals surface area contributed by atoms with Crippen LogP contribution in [0.3, 0.4) is 0 Å². The van der Waals surface area contributed by atoms with E-state index >= 15 is 0 Å². The van der Waals surface area contributed by atoms with Crippen molar-refractivity contribution in [3.63, 3.8) is 0 Å². The summed E-state index contributed by atoms with van der Waals surface area (Å²) in [4.78, 5) is 13.7. The number of rotatable bonds is 4. The zero-order chi connectivity index (χ0) is 15.0. The molecular formula is C17H27NO. The van der Waals surface area contributed by atoms with Gasteiger partial charge in [-0.1, -0.05) is 46.4 Å². The Bertz CT molecular complexity index is 435. The van der Waals surface area contributed by atoms with Crippen LogP contribution in [0.1, 0.15) is 52.2 Å². The van der Waals surface area contributed by atoms with Crippen molar-refractivity contribution >= 4 is 11.6 Å². The predicted molar refractivity (Wildman–Crippen MR) is 84.5 cm³/mol. The van der Waals surface area contributed by atoms with Crippen LogP contribution in [0.2, 0.25) is 0 Å². The van der Waals surface area contributed by atoms with Crippen LogP contribution in [0.15, 0.2) is 30.5 Å². The summed E-state index contributed by atoms with van der Waals surface area (Å²) < 4.78 is 0. The summed E-state index contributed by atoms with van der Waals surface area (Å²) in [5.41, 5.74) is 4.09. The first-order valence-electron chi connectivity index (χ1n) is 7.09. The molecular weight excluding hydrogens is 234 g/mol. The molecule has 1 rings (SSSR count). The van der Waals surface area contributed by atoms with Gasteiger partial charge in [0.2, 0.25) is 5.91 Å². The highest BCUT2D eigenvalue weighted by atomic mass is 16.2. The third kappa shape index (κ3) is 4.55. The highest BCUT2D eigenvalue weighted by molar-refractivity contribution is 5.96. The van der Waals surface area contributed by atoms with Crippen molar-refractivity contribution in [2.24, 2.45) is 0 Å². The largest absolute Gasteiger partial charge is 0.285 e. The lowest BCUT2D eigenvalue weighted by molar-refractivity contribution is -0.117. The Morgan fingerprint density at radius 3 is 2.26 bits per heavy atom. The van der Waals surface area contributed by atoms with Gasteiger partial charge in [0, 0.05) is 12.1 Å². The molecule has 0 N–H and O–H groups in total. The molecule has 1 amide bonds. The molecule has 1 aromatic rings. The van der Waals surface area contributed by atoms with Gasteiger partial charge in [-0.15, -0.1) is 0 Å². The highest BCUT2D eigenvalue weighted by Gasteiger charge is 2.17. The van der Waals surface area contributed by atoms with Gasteiger partial charge in [0.1, 0.15) is 0 Å². The van der Waals surface area contributed by atoms with Crippen molar-refractivity contribution in [1.29, 1.82) is 0 Å². The molecule has 0 heterocycles. The Kier molecular flexibility index (Phi) is 7.81. The number of amides is 1. The van der Waals surface area contributed by atoms with Crippen LogP contribution in [0, 0.1) is 6.92 Å². The van der Waals surface area contributed by atoms with E-state index in [9.17, 15) is 4.79 Å².